The van der Waals surface area contributed by atoms with Gasteiger partial charge in [0, 0.05) is 11.6 Å². The maximum atomic E-state index is 11.8. The van der Waals surface area contributed by atoms with Crippen LogP contribution in [0.3, 0.4) is 0 Å². The van der Waals surface area contributed by atoms with Gasteiger partial charge in [0.2, 0.25) is 0 Å². The molecule has 10 heteroatoms. The third-order valence-corrected chi connectivity index (χ3v) is 3.50. The van der Waals surface area contributed by atoms with Crippen molar-refractivity contribution in [2.24, 2.45) is 5.10 Å². The number of nitro groups is 1. The number of hydrazone groups is 1. The number of aromatic hydroxyl groups is 1. The molecule has 0 aliphatic carbocycles. The lowest BCUT2D eigenvalue weighted by atomic mass is 10.1. The van der Waals surface area contributed by atoms with E-state index < -0.39 is 10.8 Å². The van der Waals surface area contributed by atoms with Crippen LogP contribution in [0.5, 0.6) is 17.2 Å². The van der Waals surface area contributed by atoms with Crippen molar-refractivity contribution in [3.63, 3.8) is 0 Å². The van der Waals surface area contributed by atoms with Crippen LogP contribution in [0.2, 0.25) is 5.02 Å². The molecule has 2 N–H and O–H groups in total. The molecule has 0 saturated heterocycles. The molecule has 1 amide bonds. The third kappa shape index (κ3) is 5.58. The molecule has 0 bridgehead atoms. The highest BCUT2D eigenvalue weighted by atomic mass is 35.5. The SMILES string of the molecule is CCOc1cc([N+](=O)[O-])cc(/C=N/NC(=O)COc2ccccc2Cl)c1O. The van der Waals surface area contributed by atoms with E-state index in [-0.39, 0.29) is 36.0 Å². The van der Waals surface area contributed by atoms with Gasteiger partial charge in [-0.3, -0.25) is 14.9 Å². The van der Waals surface area contributed by atoms with E-state index in [1.54, 1.807) is 31.2 Å². The fourth-order valence-electron chi connectivity index (χ4n) is 1.99. The molecule has 0 saturated carbocycles. The van der Waals surface area contributed by atoms with E-state index in [0.29, 0.717) is 10.8 Å². The number of phenols is 1. The first-order chi connectivity index (χ1) is 12.9. The average molecular weight is 394 g/mol. The number of benzene rings is 2. The highest BCUT2D eigenvalue weighted by Crippen LogP contribution is 2.33. The molecule has 0 atom stereocenters. The number of rotatable bonds is 8. The maximum absolute atomic E-state index is 11.8. The van der Waals surface area contributed by atoms with Gasteiger partial charge in [-0.1, -0.05) is 23.7 Å². The van der Waals surface area contributed by atoms with Gasteiger partial charge in [0.15, 0.2) is 18.1 Å². The highest BCUT2D eigenvalue weighted by Gasteiger charge is 2.16. The second-order valence-corrected chi connectivity index (χ2v) is 5.49. The highest BCUT2D eigenvalue weighted by molar-refractivity contribution is 6.32. The van der Waals surface area contributed by atoms with Gasteiger partial charge >= 0.3 is 0 Å². The Morgan fingerprint density at radius 2 is 2.07 bits per heavy atom. The van der Waals surface area contributed by atoms with Gasteiger partial charge in [0.1, 0.15) is 5.75 Å². The second kappa shape index (κ2) is 9.39. The van der Waals surface area contributed by atoms with Crippen molar-refractivity contribution in [1.82, 2.24) is 5.43 Å². The molecular weight excluding hydrogens is 378 g/mol. The molecule has 27 heavy (non-hydrogen) atoms. The van der Waals surface area contributed by atoms with E-state index in [1.807, 2.05) is 0 Å². The number of phenolic OH excluding ortho intramolecular Hbond substituents is 1. The minimum atomic E-state index is -0.630. The third-order valence-electron chi connectivity index (χ3n) is 3.19. The molecule has 0 radical (unpaired) electrons. The Morgan fingerprint density at radius 1 is 1.33 bits per heavy atom. The molecule has 0 aromatic heterocycles. The quantitative estimate of drug-likeness (QED) is 0.404. The molecule has 0 fully saturated rings. The van der Waals surface area contributed by atoms with Gasteiger partial charge < -0.3 is 14.6 Å². The Labute approximate surface area is 159 Å². The zero-order valence-corrected chi connectivity index (χ0v) is 15.0. The van der Waals surface area contributed by atoms with Crippen LogP contribution in [0.25, 0.3) is 0 Å². The van der Waals surface area contributed by atoms with Crippen LogP contribution >= 0.6 is 11.6 Å². The number of para-hydroxylation sites is 1. The lowest BCUT2D eigenvalue weighted by Crippen LogP contribution is -2.24. The predicted octanol–water partition coefficient (Wildman–Crippen LogP) is 2.88. The molecular formula is C17H16ClN3O6. The number of non-ortho nitro benzene ring substituents is 1. The fourth-order valence-corrected chi connectivity index (χ4v) is 2.19. The summed E-state index contributed by atoms with van der Waals surface area (Å²) in [5.74, 6) is -0.619. The summed E-state index contributed by atoms with van der Waals surface area (Å²) >= 11 is 5.91. The van der Waals surface area contributed by atoms with Crippen molar-refractivity contribution in [3.05, 3.63) is 57.1 Å². The monoisotopic (exact) mass is 393 g/mol. The summed E-state index contributed by atoms with van der Waals surface area (Å²) < 4.78 is 10.4. The number of nitro benzene ring substituents is 1. The second-order valence-electron chi connectivity index (χ2n) is 5.08. The maximum Gasteiger partial charge on any atom is 0.277 e. The molecule has 142 valence electrons. The van der Waals surface area contributed by atoms with Crippen LogP contribution < -0.4 is 14.9 Å². The Morgan fingerprint density at radius 3 is 2.74 bits per heavy atom. The van der Waals surface area contributed by atoms with Gasteiger partial charge in [-0.15, -0.1) is 0 Å². The molecule has 0 spiro atoms. The van der Waals surface area contributed by atoms with Gasteiger partial charge in [0.05, 0.1) is 28.8 Å². The molecule has 0 aliphatic rings. The lowest BCUT2D eigenvalue weighted by molar-refractivity contribution is -0.385. The first-order valence-electron chi connectivity index (χ1n) is 7.75. The van der Waals surface area contributed by atoms with E-state index in [4.69, 9.17) is 21.1 Å². The topological polar surface area (TPSA) is 123 Å². The Kier molecular flexibility index (Phi) is 6.95. The van der Waals surface area contributed by atoms with Crippen LogP contribution in [0.1, 0.15) is 12.5 Å². The number of nitrogens with one attached hydrogen (secondary N) is 1. The van der Waals surface area contributed by atoms with Crippen molar-refractivity contribution < 1.29 is 24.3 Å². The summed E-state index contributed by atoms with van der Waals surface area (Å²) in [5, 5.41) is 25.1. The first kappa shape index (κ1) is 20.0. The van der Waals surface area contributed by atoms with E-state index in [1.165, 1.54) is 0 Å². The Bertz CT molecular complexity index is 872. The number of carbonyl (C=O) groups is 1. The standard InChI is InChI=1S/C17H16ClN3O6/c1-2-26-15-8-12(21(24)25)7-11(17(15)23)9-19-20-16(22)10-27-14-6-4-3-5-13(14)18/h3-9,23H,2,10H2,1H3,(H,20,22)/b19-9+. The molecule has 0 heterocycles. The number of nitrogens with zero attached hydrogens (tertiary/aromatic N) is 2. The first-order valence-corrected chi connectivity index (χ1v) is 8.13. The molecule has 0 unspecified atom stereocenters. The summed E-state index contributed by atoms with van der Waals surface area (Å²) in [6, 6.07) is 8.86. The average Bonchev–Trinajstić information content (AvgIpc) is 2.64. The van der Waals surface area contributed by atoms with Crippen LogP contribution in [-0.2, 0) is 4.79 Å². The van der Waals surface area contributed by atoms with Crippen molar-refractivity contribution >= 4 is 29.4 Å². The van der Waals surface area contributed by atoms with Crippen molar-refractivity contribution in [2.45, 2.75) is 6.92 Å². The Balaban J connectivity index is 2.03. The lowest BCUT2D eigenvalue weighted by Gasteiger charge is -2.08. The molecule has 0 aliphatic heterocycles. The van der Waals surface area contributed by atoms with Crippen LogP contribution in [0, 0.1) is 10.1 Å². The molecule has 2 aromatic carbocycles. The number of ether oxygens (including phenoxy) is 2. The number of amides is 1. The van der Waals surface area contributed by atoms with Crippen LogP contribution in [0.15, 0.2) is 41.5 Å². The molecule has 2 aromatic rings. The zero-order valence-electron chi connectivity index (χ0n) is 14.2. The van der Waals surface area contributed by atoms with E-state index in [2.05, 4.69) is 10.5 Å². The van der Waals surface area contributed by atoms with Crippen molar-refractivity contribution in [3.8, 4) is 17.2 Å². The largest absolute Gasteiger partial charge is 0.504 e. The van der Waals surface area contributed by atoms with E-state index in [0.717, 1.165) is 18.3 Å². The van der Waals surface area contributed by atoms with E-state index in [9.17, 15) is 20.0 Å². The summed E-state index contributed by atoms with van der Waals surface area (Å²) in [6.45, 7) is 1.54. The number of hydrogen-bond donors (Lipinski definition) is 2. The molecule has 9 nitrogen and oxygen atoms in total. The van der Waals surface area contributed by atoms with Gasteiger partial charge in [0.25, 0.3) is 11.6 Å². The summed E-state index contributed by atoms with van der Waals surface area (Å²) in [6.07, 6.45) is 1.07. The van der Waals surface area contributed by atoms with Crippen molar-refractivity contribution in [2.75, 3.05) is 13.2 Å². The normalized spacial score (nSPS) is 10.6. The zero-order chi connectivity index (χ0) is 19.8. The number of carbonyl (C=O) groups excluding carboxylic acids is 1. The van der Waals surface area contributed by atoms with Gasteiger partial charge in [-0.25, -0.2) is 5.43 Å². The summed E-state index contributed by atoms with van der Waals surface area (Å²) in [4.78, 5) is 22.1. The Hall–Kier alpha value is -3.33. The minimum Gasteiger partial charge on any atom is -0.504 e. The predicted molar refractivity (Wildman–Crippen MR) is 98.6 cm³/mol. The van der Waals surface area contributed by atoms with Gasteiger partial charge in [-0.2, -0.15) is 5.10 Å². The van der Waals surface area contributed by atoms with Crippen LogP contribution in [0.4, 0.5) is 5.69 Å². The van der Waals surface area contributed by atoms with E-state index >= 15 is 0 Å². The van der Waals surface area contributed by atoms with Gasteiger partial charge in [-0.05, 0) is 19.1 Å². The van der Waals surface area contributed by atoms with Crippen LogP contribution in [-0.4, -0.2) is 35.4 Å². The summed E-state index contributed by atoms with van der Waals surface area (Å²) in [7, 11) is 0. The fraction of sp³-hybridized carbons (Fsp3) is 0.176. The minimum absolute atomic E-state index is 0.0139. The number of hydrogen-bond acceptors (Lipinski definition) is 7. The number of halogens is 1. The molecule has 2 rings (SSSR count). The summed E-state index contributed by atoms with van der Waals surface area (Å²) in [5.41, 5.74) is 1.92. The van der Waals surface area contributed by atoms with Crippen molar-refractivity contribution in [1.29, 1.82) is 0 Å². The smallest absolute Gasteiger partial charge is 0.277 e.